The predicted molar refractivity (Wildman–Crippen MR) is 77.3 cm³/mol. The van der Waals surface area contributed by atoms with Gasteiger partial charge in [0.05, 0.1) is 12.6 Å². The standard InChI is InChI=1S/C15H24N2O2/c1-11(16)14(18)17-8-9-19-13-7-5-6-12(10-13)15(2,3)4/h5-7,10-11H,8-9,16H2,1-4H3,(H,17,18)/t11-/m1/s1. The smallest absolute Gasteiger partial charge is 0.236 e. The molecule has 1 aromatic carbocycles. The fourth-order valence-corrected chi connectivity index (χ4v) is 1.56. The lowest BCUT2D eigenvalue weighted by Crippen LogP contribution is -2.40. The van der Waals surface area contributed by atoms with Crippen molar-refractivity contribution in [3.8, 4) is 5.75 Å². The fraction of sp³-hybridized carbons (Fsp3) is 0.533. The highest BCUT2D eigenvalue weighted by Crippen LogP contribution is 2.25. The minimum absolute atomic E-state index is 0.0998. The zero-order chi connectivity index (χ0) is 14.5. The molecule has 0 bridgehead atoms. The normalized spacial score (nSPS) is 12.9. The van der Waals surface area contributed by atoms with Gasteiger partial charge in [0, 0.05) is 0 Å². The minimum Gasteiger partial charge on any atom is -0.492 e. The van der Waals surface area contributed by atoms with Crippen molar-refractivity contribution < 1.29 is 9.53 Å². The zero-order valence-corrected chi connectivity index (χ0v) is 12.2. The number of benzene rings is 1. The molecule has 0 saturated carbocycles. The highest BCUT2D eigenvalue weighted by Gasteiger charge is 2.13. The SMILES string of the molecule is C[C@@H](N)C(=O)NCCOc1cccc(C(C)(C)C)c1. The Hall–Kier alpha value is -1.55. The average Bonchev–Trinajstić information content (AvgIpc) is 2.33. The van der Waals surface area contributed by atoms with Gasteiger partial charge in [0.1, 0.15) is 12.4 Å². The molecule has 19 heavy (non-hydrogen) atoms. The van der Waals surface area contributed by atoms with E-state index >= 15 is 0 Å². The third-order valence-corrected chi connectivity index (χ3v) is 2.78. The van der Waals surface area contributed by atoms with Crippen LogP contribution in [0.3, 0.4) is 0 Å². The van der Waals surface area contributed by atoms with Crippen LogP contribution >= 0.6 is 0 Å². The molecule has 0 unspecified atom stereocenters. The topological polar surface area (TPSA) is 64.4 Å². The Bertz CT molecular complexity index is 422. The maximum atomic E-state index is 11.2. The number of hydrogen-bond acceptors (Lipinski definition) is 3. The molecule has 3 N–H and O–H groups in total. The van der Waals surface area contributed by atoms with E-state index in [1.807, 2.05) is 18.2 Å². The Morgan fingerprint density at radius 1 is 1.42 bits per heavy atom. The molecule has 1 amide bonds. The molecule has 4 heteroatoms. The Labute approximate surface area is 115 Å². The molecule has 4 nitrogen and oxygen atoms in total. The summed E-state index contributed by atoms with van der Waals surface area (Å²) in [6.45, 7) is 9.04. The van der Waals surface area contributed by atoms with Crippen molar-refractivity contribution in [1.29, 1.82) is 0 Å². The molecule has 1 rings (SSSR count). The van der Waals surface area contributed by atoms with Crippen LogP contribution in [-0.4, -0.2) is 25.1 Å². The number of amides is 1. The molecule has 0 fully saturated rings. The first kappa shape index (κ1) is 15.5. The van der Waals surface area contributed by atoms with E-state index in [4.69, 9.17) is 10.5 Å². The molecular weight excluding hydrogens is 240 g/mol. The van der Waals surface area contributed by atoms with Crippen LogP contribution in [0.5, 0.6) is 5.75 Å². The number of carbonyl (C=O) groups is 1. The predicted octanol–water partition coefficient (Wildman–Crippen LogP) is 1.83. The van der Waals surface area contributed by atoms with E-state index in [1.165, 1.54) is 5.56 Å². The van der Waals surface area contributed by atoms with Gasteiger partial charge in [-0.25, -0.2) is 0 Å². The van der Waals surface area contributed by atoms with Crippen LogP contribution in [-0.2, 0) is 10.2 Å². The molecule has 1 aromatic rings. The molecule has 0 aromatic heterocycles. The van der Waals surface area contributed by atoms with E-state index in [9.17, 15) is 4.79 Å². The first-order chi connectivity index (χ1) is 8.80. The summed E-state index contributed by atoms with van der Waals surface area (Å²) in [5.74, 6) is 0.662. The van der Waals surface area contributed by atoms with Crippen LogP contribution in [0.2, 0.25) is 0 Å². The second-order valence-electron chi connectivity index (χ2n) is 5.71. The summed E-state index contributed by atoms with van der Waals surface area (Å²) in [6, 6.07) is 7.54. The van der Waals surface area contributed by atoms with E-state index in [1.54, 1.807) is 6.92 Å². The zero-order valence-electron chi connectivity index (χ0n) is 12.2. The first-order valence-electron chi connectivity index (χ1n) is 6.57. The third kappa shape index (κ3) is 5.30. The summed E-state index contributed by atoms with van der Waals surface area (Å²) < 4.78 is 5.62. The van der Waals surface area contributed by atoms with Gasteiger partial charge in [0.25, 0.3) is 0 Å². The van der Waals surface area contributed by atoms with Crippen molar-refractivity contribution in [3.63, 3.8) is 0 Å². The van der Waals surface area contributed by atoms with Gasteiger partial charge in [-0.15, -0.1) is 0 Å². The van der Waals surface area contributed by atoms with E-state index in [-0.39, 0.29) is 11.3 Å². The van der Waals surface area contributed by atoms with E-state index in [0.29, 0.717) is 13.2 Å². The van der Waals surface area contributed by atoms with Gasteiger partial charge in [-0.3, -0.25) is 4.79 Å². The largest absolute Gasteiger partial charge is 0.492 e. The van der Waals surface area contributed by atoms with E-state index < -0.39 is 6.04 Å². The summed E-state index contributed by atoms with van der Waals surface area (Å²) in [5, 5.41) is 2.71. The van der Waals surface area contributed by atoms with Gasteiger partial charge in [0.15, 0.2) is 0 Å². The second kappa shape index (κ2) is 6.57. The van der Waals surface area contributed by atoms with Crippen LogP contribution in [0.1, 0.15) is 33.3 Å². The molecule has 0 saturated heterocycles. The molecule has 0 aliphatic heterocycles. The molecule has 0 aliphatic rings. The van der Waals surface area contributed by atoms with Gasteiger partial charge in [-0.05, 0) is 30.0 Å². The monoisotopic (exact) mass is 264 g/mol. The molecule has 0 heterocycles. The van der Waals surface area contributed by atoms with Crippen LogP contribution in [0.25, 0.3) is 0 Å². The summed E-state index contributed by atoms with van der Waals surface area (Å²) >= 11 is 0. The third-order valence-electron chi connectivity index (χ3n) is 2.78. The molecule has 0 spiro atoms. The number of carbonyl (C=O) groups excluding carboxylic acids is 1. The lowest BCUT2D eigenvalue weighted by atomic mass is 9.87. The number of ether oxygens (including phenoxy) is 1. The molecule has 1 atom stereocenters. The van der Waals surface area contributed by atoms with Crippen molar-refractivity contribution >= 4 is 5.91 Å². The van der Waals surface area contributed by atoms with Crippen molar-refractivity contribution in [1.82, 2.24) is 5.32 Å². The lowest BCUT2D eigenvalue weighted by molar-refractivity contribution is -0.122. The number of hydrogen-bond donors (Lipinski definition) is 2. The molecule has 0 radical (unpaired) electrons. The quantitative estimate of drug-likeness (QED) is 0.797. The Balaban J connectivity index is 2.44. The summed E-state index contributed by atoms with van der Waals surface area (Å²) in [4.78, 5) is 11.2. The molecule has 106 valence electrons. The lowest BCUT2D eigenvalue weighted by Gasteiger charge is -2.19. The molecule has 0 aliphatic carbocycles. The van der Waals surface area contributed by atoms with Crippen LogP contribution in [0.15, 0.2) is 24.3 Å². The average molecular weight is 264 g/mol. The fourth-order valence-electron chi connectivity index (χ4n) is 1.56. The minimum atomic E-state index is -0.482. The summed E-state index contributed by atoms with van der Waals surface area (Å²) in [6.07, 6.45) is 0. The van der Waals surface area contributed by atoms with Gasteiger partial charge >= 0.3 is 0 Å². The first-order valence-corrected chi connectivity index (χ1v) is 6.57. The summed E-state index contributed by atoms with van der Waals surface area (Å²) in [7, 11) is 0. The van der Waals surface area contributed by atoms with E-state index in [0.717, 1.165) is 5.75 Å². The molecular formula is C15H24N2O2. The van der Waals surface area contributed by atoms with Crippen LogP contribution in [0.4, 0.5) is 0 Å². The van der Waals surface area contributed by atoms with Crippen molar-refractivity contribution in [2.24, 2.45) is 5.73 Å². The Morgan fingerprint density at radius 3 is 2.68 bits per heavy atom. The second-order valence-corrected chi connectivity index (χ2v) is 5.71. The van der Waals surface area contributed by atoms with Crippen molar-refractivity contribution in [2.45, 2.75) is 39.2 Å². The van der Waals surface area contributed by atoms with Gasteiger partial charge < -0.3 is 15.8 Å². The van der Waals surface area contributed by atoms with E-state index in [2.05, 4.69) is 32.2 Å². The number of nitrogens with two attached hydrogens (primary N) is 1. The highest BCUT2D eigenvalue weighted by atomic mass is 16.5. The summed E-state index contributed by atoms with van der Waals surface area (Å²) in [5.41, 5.74) is 6.77. The number of nitrogens with one attached hydrogen (secondary N) is 1. The van der Waals surface area contributed by atoms with Gasteiger partial charge in [-0.1, -0.05) is 32.9 Å². The van der Waals surface area contributed by atoms with Crippen molar-refractivity contribution in [3.05, 3.63) is 29.8 Å². The van der Waals surface area contributed by atoms with Crippen molar-refractivity contribution in [2.75, 3.05) is 13.2 Å². The van der Waals surface area contributed by atoms with Gasteiger partial charge in [0.2, 0.25) is 5.91 Å². The maximum Gasteiger partial charge on any atom is 0.236 e. The Kier molecular flexibility index (Phi) is 5.36. The van der Waals surface area contributed by atoms with Crippen LogP contribution in [0, 0.1) is 0 Å². The maximum absolute atomic E-state index is 11.2. The highest BCUT2D eigenvalue weighted by molar-refractivity contribution is 5.80. The van der Waals surface area contributed by atoms with Crippen LogP contribution < -0.4 is 15.8 Å². The van der Waals surface area contributed by atoms with Gasteiger partial charge in [-0.2, -0.15) is 0 Å². The Morgan fingerprint density at radius 2 is 2.11 bits per heavy atom. The number of rotatable bonds is 5.